The average Bonchev–Trinajstić information content (AvgIpc) is 3.03. The summed E-state index contributed by atoms with van der Waals surface area (Å²) >= 11 is 6.47. The number of piperidine rings is 1. The van der Waals surface area contributed by atoms with Crippen molar-refractivity contribution in [3.05, 3.63) is 65.8 Å². The van der Waals surface area contributed by atoms with Crippen LogP contribution >= 0.6 is 11.6 Å². The zero-order valence-electron chi connectivity index (χ0n) is 25.9. The number of ether oxygens (including phenoxy) is 1. The number of hydrazine groups is 1. The number of carbonyl (C=O) groups excluding carboxylic acids is 1. The van der Waals surface area contributed by atoms with Gasteiger partial charge < -0.3 is 25.2 Å². The summed E-state index contributed by atoms with van der Waals surface area (Å²) in [6, 6.07) is 12.4. The molecule has 234 valence electrons. The van der Waals surface area contributed by atoms with Crippen molar-refractivity contribution in [2.45, 2.75) is 25.8 Å². The first kappa shape index (κ1) is 31.4. The van der Waals surface area contributed by atoms with Crippen LogP contribution in [0.15, 0.2) is 55.3 Å². The second kappa shape index (κ2) is 14.1. The Labute approximate surface area is 264 Å². The number of piperazine rings is 1. The summed E-state index contributed by atoms with van der Waals surface area (Å²) in [7, 11) is 5.71. The van der Waals surface area contributed by atoms with Crippen molar-refractivity contribution in [1.29, 1.82) is 0 Å². The number of nitrogens with zero attached hydrogens (tertiary/aromatic N) is 6. The summed E-state index contributed by atoms with van der Waals surface area (Å²) in [5.41, 5.74) is 7.50. The van der Waals surface area contributed by atoms with Gasteiger partial charge in [-0.25, -0.2) is 4.98 Å². The minimum absolute atomic E-state index is 0.289. The number of methoxy groups -OCH3 is 1. The molecule has 2 fully saturated rings. The summed E-state index contributed by atoms with van der Waals surface area (Å²) in [5.74, 6) is 1.06. The minimum atomic E-state index is -0.289. The summed E-state index contributed by atoms with van der Waals surface area (Å²) < 4.78 is 5.81. The molecule has 2 saturated heterocycles. The predicted molar refractivity (Wildman–Crippen MR) is 180 cm³/mol. The van der Waals surface area contributed by atoms with Gasteiger partial charge in [0.15, 0.2) is 5.82 Å². The van der Waals surface area contributed by atoms with Crippen molar-refractivity contribution in [3.8, 4) is 5.75 Å². The topological polar surface area (TPSA) is 101 Å². The molecule has 5 rings (SSSR count). The lowest BCUT2D eigenvalue weighted by atomic mass is 10.0. The van der Waals surface area contributed by atoms with Gasteiger partial charge in [-0.15, -0.1) is 0 Å². The van der Waals surface area contributed by atoms with Crippen LogP contribution in [0, 0.1) is 6.92 Å². The van der Waals surface area contributed by atoms with Crippen LogP contribution in [-0.4, -0.2) is 92.2 Å². The maximum atomic E-state index is 12.5. The zero-order chi connectivity index (χ0) is 31.2. The lowest BCUT2D eigenvalue weighted by molar-refractivity contribution is -0.111. The Bertz CT molecular complexity index is 1470. The SMILES string of the molecule is C=CC(=O)Nc1cc(Nc2ncc(Cl)c(NN(C)c3ccccc3C)n2)c(OC)cc1N1CCC(N2CCN(C)CC2)CC1. The highest BCUT2D eigenvalue weighted by molar-refractivity contribution is 6.32. The lowest BCUT2D eigenvalue weighted by Gasteiger charge is -2.43. The molecule has 0 radical (unpaired) electrons. The number of carbonyl (C=O) groups is 1. The lowest BCUT2D eigenvalue weighted by Crippen LogP contribution is -2.52. The van der Waals surface area contributed by atoms with E-state index >= 15 is 0 Å². The number of nitrogens with one attached hydrogen (secondary N) is 3. The van der Waals surface area contributed by atoms with Crippen LogP contribution in [0.4, 0.5) is 34.5 Å². The van der Waals surface area contributed by atoms with Crippen molar-refractivity contribution in [1.82, 2.24) is 19.8 Å². The molecule has 0 spiro atoms. The zero-order valence-corrected chi connectivity index (χ0v) is 26.7. The molecule has 44 heavy (non-hydrogen) atoms. The number of aryl methyl sites for hydroxylation is 1. The molecule has 2 aliphatic heterocycles. The van der Waals surface area contributed by atoms with E-state index < -0.39 is 0 Å². The molecule has 1 amide bonds. The Morgan fingerprint density at radius 2 is 1.84 bits per heavy atom. The van der Waals surface area contributed by atoms with Crippen LogP contribution in [0.2, 0.25) is 5.02 Å². The van der Waals surface area contributed by atoms with Gasteiger partial charge in [-0.05, 0) is 50.6 Å². The average molecular weight is 620 g/mol. The maximum absolute atomic E-state index is 12.5. The number of halogens is 1. The normalized spacial score (nSPS) is 16.3. The molecular formula is C32H42ClN9O2. The summed E-state index contributed by atoms with van der Waals surface area (Å²) in [6.07, 6.45) is 4.93. The fourth-order valence-corrected chi connectivity index (χ4v) is 5.96. The van der Waals surface area contributed by atoms with E-state index in [0.717, 1.165) is 69.0 Å². The summed E-state index contributed by atoms with van der Waals surface area (Å²) in [4.78, 5) is 28.8. The number of amides is 1. The van der Waals surface area contributed by atoms with Crippen molar-refractivity contribution < 1.29 is 9.53 Å². The van der Waals surface area contributed by atoms with E-state index in [9.17, 15) is 4.79 Å². The Morgan fingerprint density at radius 1 is 1.11 bits per heavy atom. The molecule has 3 N–H and O–H groups in total. The molecule has 0 aliphatic carbocycles. The second-order valence-corrected chi connectivity index (χ2v) is 11.7. The predicted octanol–water partition coefficient (Wildman–Crippen LogP) is 4.99. The monoisotopic (exact) mass is 619 g/mol. The third-order valence-corrected chi connectivity index (χ3v) is 8.64. The van der Waals surface area contributed by atoms with E-state index in [2.05, 4.69) is 54.4 Å². The van der Waals surface area contributed by atoms with E-state index in [4.69, 9.17) is 16.3 Å². The molecule has 3 heterocycles. The molecule has 1 aromatic heterocycles. The fourth-order valence-electron chi connectivity index (χ4n) is 5.83. The van der Waals surface area contributed by atoms with Gasteiger partial charge in [0.1, 0.15) is 10.8 Å². The summed E-state index contributed by atoms with van der Waals surface area (Å²) in [6.45, 7) is 11.9. The van der Waals surface area contributed by atoms with Crippen molar-refractivity contribution in [2.75, 3.05) is 86.4 Å². The second-order valence-electron chi connectivity index (χ2n) is 11.3. The van der Waals surface area contributed by atoms with Gasteiger partial charge in [0, 0.05) is 58.4 Å². The molecule has 11 nitrogen and oxygen atoms in total. The largest absolute Gasteiger partial charge is 0.494 e. The number of para-hydroxylation sites is 1. The highest BCUT2D eigenvalue weighted by Gasteiger charge is 2.28. The number of aromatic nitrogens is 2. The smallest absolute Gasteiger partial charge is 0.247 e. The third kappa shape index (κ3) is 7.35. The molecule has 2 aliphatic rings. The van der Waals surface area contributed by atoms with Crippen LogP contribution in [0.3, 0.4) is 0 Å². The minimum Gasteiger partial charge on any atom is -0.494 e. The molecule has 0 bridgehead atoms. The molecule has 3 aromatic rings. The highest BCUT2D eigenvalue weighted by atomic mass is 35.5. The van der Waals surface area contributed by atoms with Crippen LogP contribution in [0.25, 0.3) is 0 Å². The van der Waals surface area contributed by atoms with Crippen LogP contribution in [-0.2, 0) is 4.79 Å². The van der Waals surface area contributed by atoms with E-state index in [1.165, 1.54) is 12.3 Å². The van der Waals surface area contributed by atoms with Gasteiger partial charge in [0.25, 0.3) is 0 Å². The van der Waals surface area contributed by atoms with Crippen molar-refractivity contribution >= 4 is 52.0 Å². The van der Waals surface area contributed by atoms with E-state index in [1.54, 1.807) is 7.11 Å². The number of benzene rings is 2. The van der Waals surface area contributed by atoms with Crippen molar-refractivity contribution in [3.63, 3.8) is 0 Å². The van der Waals surface area contributed by atoms with Gasteiger partial charge in [0.2, 0.25) is 11.9 Å². The Balaban J connectivity index is 1.36. The van der Waals surface area contributed by atoms with Crippen molar-refractivity contribution in [2.24, 2.45) is 0 Å². The fraction of sp³-hybridized carbons (Fsp3) is 0.406. The third-order valence-electron chi connectivity index (χ3n) is 8.36. The number of likely N-dealkylation sites (N-methyl/N-ethyl adjacent to an activating group) is 1. The Morgan fingerprint density at radius 3 is 2.52 bits per heavy atom. The first-order chi connectivity index (χ1) is 21.2. The maximum Gasteiger partial charge on any atom is 0.247 e. The number of hydrogen-bond donors (Lipinski definition) is 3. The first-order valence-corrected chi connectivity index (χ1v) is 15.3. The van der Waals surface area contributed by atoms with E-state index in [-0.39, 0.29) is 5.91 Å². The number of anilines is 6. The molecular weight excluding hydrogens is 578 g/mol. The van der Waals surface area contributed by atoms with Gasteiger partial charge in [-0.2, -0.15) is 4.98 Å². The number of rotatable bonds is 10. The molecule has 0 atom stereocenters. The summed E-state index contributed by atoms with van der Waals surface area (Å²) in [5, 5.41) is 8.49. The van der Waals surface area contributed by atoms with Gasteiger partial charge in [-0.3, -0.25) is 20.1 Å². The van der Waals surface area contributed by atoms with Gasteiger partial charge in [0.05, 0.1) is 36.1 Å². The molecule has 0 saturated carbocycles. The van der Waals surface area contributed by atoms with E-state index in [0.29, 0.717) is 40.0 Å². The van der Waals surface area contributed by atoms with Crippen LogP contribution in [0.5, 0.6) is 5.75 Å². The quantitative estimate of drug-likeness (QED) is 0.212. The standard InChI is InChI=1S/C32H42ClN9O2/c1-6-30(43)35-25-19-26(36-32-34-21-24(33)31(37-32)38-40(4)27-10-8-7-9-22(27)2)29(44-5)20-28(25)42-13-11-23(12-14-42)41-17-15-39(3)16-18-41/h6-10,19-21,23H,1,11-18H2,2-5H3,(H,35,43)(H2,34,36,37,38). The molecule has 0 unspecified atom stereocenters. The molecule has 12 heteroatoms. The van der Waals surface area contributed by atoms with E-state index in [1.807, 2.05) is 55.4 Å². The number of hydrogen-bond acceptors (Lipinski definition) is 10. The highest BCUT2D eigenvalue weighted by Crippen LogP contribution is 2.40. The van der Waals surface area contributed by atoms with Gasteiger partial charge >= 0.3 is 0 Å². The van der Waals surface area contributed by atoms with Gasteiger partial charge in [-0.1, -0.05) is 36.4 Å². The Hall–Kier alpha value is -4.06. The van der Waals surface area contributed by atoms with Crippen LogP contribution in [0.1, 0.15) is 18.4 Å². The first-order valence-electron chi connectivity index (χ1n) is 14.9. The Kier molecular flexibility index (Phi) is 10.1. The van der Waals surface area contributed by atoms with Crippen LogP contribution < -0.4 is 30.7 Å². The molecule has 2 aromatic carbocycles.